The molecule has 2 rings (SSSR count). The van der Waals surface area contributed by atoms with Crippen molar-refractivity contribution in [1.29, 1.82) is 0 Å². The maximum Gasteiger partial charge on any atom is 0.0314 e. The first kappa shape index (κ1) is 25.5. The van der Waals surface area contributed by atoms with Crippen LogP contribution in [-0.2, 0) is 12.8 Å². The molecule has 2 aromatic carbocycles. The summed E-state index contributed by atoms with van der Waals surface area (Å²) in [7, 11) is 0. The van der Waals surface area contributed by atoms with Gasteiger partial charge in [0.1, 0.15) is 0 Å². The second-order valence-electron chi connectivity index (χ2n) is 9.43. The van der Waals surface area contributed by atoms with E-state index in [0.29, 0.717) is 0 Å². The lowest BCUT2D eigenvalue weighted by Crippen LogP contribution is -1.91. The number of nitrogens with two attached hydrogens (primary N) is 1. The Bertz CT molecular complexity index is 656. The normalized spacial score (nSPS) is 11.1. The van der Waals surface area contributed by atoms with E-state index in [1.54, 1.807) is 0 Å². The van der Waals surface area contributed by atoms with Gasteiger partial charge in [-0.05, 0) is 48.1 Å². The summed E-state index contributed by atoms with van der Waals surface area (Å²) in [6.45, 7) is 2.30. The zero-order valence-corrected chi connectivity index (χ0v) is 20.2. The zero-order valence-electron chi connectivity index (χ0n) is 20.2. The monoisotopic (exact) mass is 421 g/mol. The molecule has 0 aromatic heterocycles. The number of benzene rings is 2. The van der Waals surface area contributed by atoms with Crippen LogP contribution in [0.5, 0.6) is 0 Å². The molecular weight excluding hydrogens is 374 g/mol. The summed E-state index contributed by atoms with van der Waals surface area (Å²) >= 11 is 0. The van der Waals surface area contributed by atoms with Crippen molar-refractivity contribution in [3.8, 4) is 0 Å². The molecule has 1 heteroatoms. The highest BCUT2D eigenvalue weighted by molar-refractivity contribution is 5.40. The quantitative estimate of drug-likeness (QED) is 0.188. The van der Waals surface area contributed by atoms with E-state index in [4.69, 9.17) is 5.73 Å². The number of aryl methyl sites for hydroxylation is 1. The van der Waals surface area contributed by atoms with Crippen LogP contribution in [0.1, 0.15) is 120 Å². The molecule has 0 amide bonds. The summed E-state index contributed by atoms with van der Waals surface area (Å²) in [4.78, 5) is 0. The summed E-state index contributed by atoms with van der Waals surface area (Å²) in [5, 5.41) is 0. The molecular formula is C30H47N. The van der Waals surface area contributed by atoms with Gasteiger partial charge in [0.25, 0.3) is 0 Å². The summed E-state index contributed by atoms with van der Waals surface area (Å²) in [6, 6.07) is 17.4. The third-order valence-corrected chi connectivity index (χ3v) is 6.48. The lowest BCUT2D eigenvalue weighted by atomic mass is 10.0. The summed E-state index contributed by atoms with van der Waals surface area (Å²) in [5.41, 5.74) is 10.8. The molecule has 1 nitrogen and oxygen atoms in total. The molecule has 0 atom stereocenters. The van der Waals surface area contributed by atoms with E-state index in [-0.39, 0.29) is 0 Å². The van der Waals surface area contributed by atoms with Gasteiger partial charge in [0, 0.05) is 5.69 Å². The van der Waals surface area contributed by atoms with Crippen molar-refractivity contribution in [2.45, 2.75) is 116 Å². The Hall–Kier alpha value is -1.76. The Morgan fingerprint density at radius 3 is 1.26 bits per heavy atom. The van der Waals surface area contributed by atoms with Gasteiger partial charge in [-0.1, -0.05) is 133 Å². The number of hydrogen-bond donors (Lipinski definition) is 1. The molecule has 0 fully saturated rings. The van der Waals surface area contributed by atoms with Gasteiger partial charge in [0.15, 0.2) is 0 Å². The van der Waals surface area contributed by atoms with Gasteiger partial charge < -0.3 is 5.73 Å². The second kappa shape index (κ2) is 16.9. The highest BCUT2D eigenvalue weighted by atomic mass is 14.5. The molecule has 0 saturated carbocycles. The fraction of sp³-hybridized carbons (Fsp3) is 0.600. The first-order chi connectivity index (χ1) is 15.3. The Balaban J connectivity index is 1.41. The molecule has 0 unspecified atom stereocenters. The Morgan fingerprint density at radius 1 is 0.452 bits per heavy atom. The van der Waals surface area contributed by atoms with Crippen molar-refractivity contribution in [3.63, 3.8) is 0 Å². The van der Waals surface area contributed by atoms with Crippen LogP contribution in [0.3, 0.4) is 0 Å². The van der Waals surface area contributed by atoms with Gasteiger partial charge in [-0.25, -0.2) is 0 Å². The average Bonchev–Trinajstić information content (AvgIpc) is 2.79. The van der Waals surface area contributed by atoms with Crippen LogP contribution in [0, 0.1) is 0 Å². The molecule has 0 aliphatic rings. The van der Waals surface area contributed by atoms with E-state index >= 15 is 0 Å². The Kier molecular flexibility index (Phi) is 13.9. The molecule has 0 radical (unpaired) electrons. The summed E-state index contributed by atoms with van der Waals surface area (Å²) in [6.07, 6.45) is 23.7. The van der Waals surface area contributed by atoms with Crippen molar-refractivity contribution in [2.24, 2.45) is 0 Å². The first-order valence-corrected chi connectivity index (χ1v) is 13.2. The van der Waals surface area contributed by atoms with Gasteiger partial charge >= 0.3 is 0 Å². The molecule has 0 saturated heterocycles. The molecule has 0 aliphatic heterocycles. The largest absolute Gasteiger partial charge is 0.399 e. The highest BCUT2D eigenvalue weighted by Gasteiger charge is 1.99. The fourth-order valence-electron chi connectivity index (χ4n) is 4.40. The smallest absolute Gasteiger partial charge is 0.0314 e. The predicted molar refractivity (Wildman–Crippen MR) is 139 cm³/mol. The van der Waals surface area contributed by atoms with Crippen LogP contribution in [0.4, 0.5) is 5.69 Å². The predicted octanol–water partition coefficient (Wildman–Crippen LogP) is 9.27. The topological polar surface area (TPSA) is 26.0 Å². The summed E-state index contributed by atoms with van der Waals surface area (Å²) < 4.78 is 0. The van der Waals surface area contributed by atoms with Crippen LogP contribution < -0.4 is 5.73 Å². The maximum atomic E-state index is 5.77. The van der Waals surface area contributed by atoms with Crippen LogP contribution in [0.25, 0.3) is 0 Å². The van der Waals surface area contributed by atoms with Crippen LogP contribution in [0.2, 0.25) is 0 Å². The lowest BCUT2D eigenvalue weighted by Gasteiger charge is -2.06. The minimum Gasteiger partial charge on any atom is -0.399 e. The number of rotatable bonds is 18. The van der Waals surface area contributed by atoms with E-state index in [9.17, 15) is 0 Å². The van der Waals surface area contributed by atoms with Crippen molar-refractivity contribution in [1.82, 2.24) is 0 Å². The molecule has 0 spiro atoms. The van der Waals surface area contributed by atoms with Crippen molar-refractivity contribution >= 4 is 5.69 Å². The fourth-order valence-corrected chi connectivity index (χ4v) is 4.40. The van der Waals surface area contributed by atoms with Gasteiger partial charge in [0.2, 0.25) is 0 Å². The maximum absolute atomic E-state index is 5.77. The van der Waals surface area contributed by atoms with Crippen molar-refractivity contribution < 1.29 is 0 Å². The number of nitrogen functional groups attached to an aromatic ring is 1. The number of anilines is 1. The van der Waals surface area contributed by atoms with E-state index in [1.165, 1.54) is 119 Å². The van der Waals surface area contributed by atoms with Crippen LogP contribution in [-0.4, -0.2) is 0 Å². The zero-order chi connectivity index (χ0) is 22.0. The molecule has 0 aliphatic carbocycles. The minimum absolute atomic E-state index is 0.836. The first-order valence-electron chi connectivity index (χ1n) is 13.2. The number of hydrogen-bond acceptors (Lipinski definition) is 1. The molecule has 0 bridgehead atoms. The third kappa shape index (κ3) is 12.6. The average molecular weight is 422 g/mol. The SMILES string of the molecule is CCCCCCCCCCCCCCCCCc1ccc(Cc2ccc(N)cc2)cc1. The molecule has 0 heterocycles. The Morgan fingerprint density at radius 2 is 0.806 bits per heavy atom. The third-order valence-electron chi connectivity index (χ3n) is 6.48. The standard InChI is InChI=1S/C30H47N/c1-2-3-4-5-6-7-8-9-10-11-12-13-14-15-16-17-27-18-20-28(21-19-27)26-29-22-24-30(31)25-23-29/h18-25H,2-17,26,31H2,1H3. The van der Waals surface area contributed by atoms with Gasteiger partial charge in [-0.3, -0.25) is 0 Å². The van der Waals surface area contributed by atoms with Gasteiger partial charge in [0.05, 0.1) is 0 Å². The Labute approximate surface area is 192 Å². The van der Waals surface area contributed by atoms with E-state index < -0.39 is 0 Å². The number of unbranched alkanes of at least 4 members (excludes halogenated alkanes) is 14. The van der Waals surface area contributed by atoms with Crippen molar-refractivity contribution in [3.05, 3.63) is 65.2 Å². The summed E-state index contributed by atoms with van der Waals surface area (Å²) in [5.74, 6) is 0. The molecule has 31 heavy (non-hydrogen) atoms. The van der Waals surface area contributed by atoms with Gasteiger partial charge in [-0.2, -0.15) is 0 Å². The van der Waals surface area contributed by atoms with Crippen LogP contribution in [0.15, 0.2) is 48.5 Å². The van der Waals surface area contributed by atoms with Gasteiger partial charge in [-0.15, -0.1) is 0 Å². The van der Waals surface area contributed by atoms with Crippen LogP contribution >= 0.6 is 0 Å². The lowest BCUT2D eigenvalue weighted by molar-refractivity contribution is 0.532. The highest BCUT2D eigenvalue weighted by Crippen LogP contribution is 2.16. The van der Waals surface area contributed by atoms with E-state index in [0.717, 1.165) is 12.1 Å². The van der Waals surface area contributed by atoms with Crippen molar-refractivity contribution in [2.75, 3.05) is 5.73 Å². The molecule has 2 N–H and O–H groups in total. The second-order valence-corrected chi connectivity index (χ2v) is 9.43. The minimum atomic E-state index is 0.836. The van der Waals surface area contributed by atoms with E-state index in [1.807, 2.05) is 12.1 Å². The molecule has 2 aromatic rings. The molecule has 172 valence electrons. The van der Waals surface area contributed by atoms with E-state index in [2.05, 4.69) is 43.3 Å².